The molecule has 2 saturated heterocycles. The zero-order chi connectivity index (χ0) is 30.7. The lowest BCUT2D eigenvalue weighted by Crippen LogP contribution is -2.49. The van der Waals surface area contributed by atoms with Crippen LogP contribution in [0.3, 0.4) is 0 Å². The van der Waals surface area contributed by atoms with E-state index >= 15 is 0 Å². The van der Waals surface area contributed by atoms with Gasteiger partial charge in [0.15, 0.2) is 11.5 Å². The number of anilines is 1. The Balaban J connectivity index is 1.44. The van der Waals surface area contributed by atoms with Crippen molar-refractivity contribution in [3.63, 3.8) is 0 Å². The summed E-state index contributed by atoms with van der Waals surface area (Å²) in [5, 5.41) is 0. The summed E-state index contributed by atoms with van der Waals surface area (Å²) in [6.45, 7) is 6.10. The Bertz CT molecular complexity index is 1660. The van der Waals surface area contributed by atoms with Gasteiger partial charge in [0, 0.05) is 38.9 Å². The van der Waals surface area contributed by atoms with Crippen LogP contribution in [0.15, 0.2) is 46.2 Å². The normalized spacial score (nSPS) is 16.4. The Morgan fingerprint density at radius 1 is 1.09 bits per heavy atom. The molecule has 3 aromatic rings. The Hall–Kier alpha value is -4.10. The van der Waals surface area contributed by atoms with Crippen molar-refractivity contribution >= 4 is 57.8 Å². The standard InChI is InChI=1S/C30H33N5O6S2/c1-5-41-29(38)33-15-13-32(14-16-33)26-21(27(36)34-11-6-7-19(2)25(34)31-26)18-24-28(37)35(30(42)43-24)12-10-20-8-9-22(39-3)23(17-20)40-4/h6-9,11,17-18H,5,10,12-16H2,1-4H3. The minimum absolute atomic E-state index is 0.262. The SMILES string of the molecule is CCOC(=O)N1CCN(c2nc3c(C)cccn3c(=O)c2C=C2SC(=S)N(CCc3ccc(OC)c(OC)c3)C2=O)CC1. The van der Waals surface area contributed by atoms with Crippen LogP contribution in [-0.4, -0.2) is 89.1 Å². The van der Waals surface area contributed by atoms with Crippen molar-refractivity contribution in [3.05, 3.63) is 68.5 Å². The predicted molar refractivity (Wildman–Crippen MR) is 170 cm³/mol. The van der Waals surface area contributed by atoms with Crippen LogP contribution in [0, 0.1) is 6.92 Å². The number of pyridine rings is 1. The van der Waals surface area contributed by atoms with Gasteiger partial charge in [-0.3, -0.25) is 18.9 Å². The van der Waals surface area contributed by atoms with E-state index in [-0.39, 0.29) is 17.6 Å². The number of nitrogens with zero attached hydrogens (tertiary/aromatic N) is 5. The summed E-state index contributed by atoms with van der Waals surface area (Å²) in [7, 11) is 3.16. The summed E-state index contributed by atoms with van der Waals surface area (Å²) in [6.07, 6.45) is 3.47. The number of aryl methyl sites for hydroxylation is 1. The maximum absolute atomic E-state index is 13.9. The van der Waals surface area contributed by atoms with Crippen LogP contribution in [0.1, 0.15) is 23.6 Å². The number of thioether (sulfide) groups is 1. The maximum atomic E-state index is 13.9. The molecule has 43 heavy (non-hydrogen) atoms. The summed E-state index contributed by atoms with van der Waals surface area (Å²) in [6, 6.07) is 9.32. The fourth-order valence-corrected chi connectivity index (χ4v) is 6.37. The molecule has 0 bridgehead atoms. The highest BCUT2D eigenvalue weighted by molar-refractivity contribution is 8.26. The lowest BCUT2D eigenvalue weighted by atomic mass is 10.1. The number of hydrogen-bond acceptors (Lipinski definition) is 10. The Morgan fingerprint density at radius 3 is 2.53 bits per heavy atom. The molecule has 0 radical (unpaired) electrons. The van der Waals surface area contributed by atoms with E-state index in [0.717, 1.165) is 11.1 Å². The van der Waals surface area contributed by atoms with Gasteiger partial charge in [0.1, 0.15) is 15.8 Å². The Kier molecular flexibility index (Phi) is 9.21. The minimum atomic E-state index is -0.360. The van der Waals surface area contributed by atoms with E-state index in [2.05, 4.69) is 0 Å². The van der Waals surface area contributed by atoms with Gasteiger partial charge in [0.25, 0.3) is 11.5 Å². The largest absolute Gasteiger partial charge is 0.493 e. The van der Waals surface area contributed by atoms with Crippen LogP contribution in [0.2, 0.25) is 0 Å². The van der Waals surface area contributed by atoms with Crippen molar-refractivity contribution in [3.8, 4) is 11.5 Å². The first-order chi connectivity index (χ1) is 20.7. The van der Waals surface area contributed by atoms with Crippen molar-refractivity contribution in [1.82, 2.24) is 19.2 Å². The van der Waals surface area contributed by atoms with Crippen LogP contribution in [-0.2, 0) is 16.0 Å². The van der Waals surface area contributed by atoms with Gasteiger partial charge in [0.05, 0.1) is 31.3 Å². The van der Waals surface area contributed by atoms with Gasteiger partial charge in [0.2, 0.25) is 0 Å². The first-order valence-electron chi connectivity index (χ1n) is 13.9. The molecule has 0 unspecified atom stereocenters. The zero-order valence-electron chi connectivity index (χ0n) is 24.5. The molecule has 2 aliphatic heterocycles. The summed E-state index contributed by atoms with van der Waals surface area (Å²) in [5.74, 6) is 1.45. The first kappa shape index (κ1) is 30.4. The van der Waals surface area contributed by atoms with Crippen molar-refractivity contribution in [1.29, 1.82) is 0 Å². The highest BCUT2D eigenvalue weighted by atomic mass is 32.2. The fraction of sp³-hybridized carbons (Fsp3) is 0.367. The molecular formula is C30H33N5O6S2. The molecule has 4 heterocycles. The molecule has 0 N–H and O–H groups in total. The smallest absolute Gasteiger partial charge is 0.409 e. The predicted octanol–water partition coefficient (Wildman–Crippen LogP) is 3.74. The minimum Gasteiger partial charge on any atom is -0.493 e. The number of benzene rings is 1. The number of aromatic nitrogens is 2. The van der Waals surface area contributed by atoms with Crippen LogP contribution in [0.4, 0.5) is 10.6 Å². The van der Waals surface area contributed by atoms with Crippen molar-refractivity contribution in [2.24, 2.45) is 0 Å². The second kappa shape index (κ2) is 13.0. The highest BCUT2D eigenvalue weighted by Gasteiger charge is 2.33. The first-order valence-corrected chi connectivity index (χ1v) is 15.1. The zero-order valence-corrected chi connectivity index (χ0v) is 26.1. The van der Waals surface area contributed by atoms with E-state index in [4.69, 9.17) is 31.4 Å². The molecule has 11 nitrogen and oxygen atoms in total. The number of thiocarbonyl (C=S) groups is 1. The molecule has 0 atom stereocenters. The van der Waals surface area contributed by atoms with E-state index in [9.17, 15) is 14.4 Å². The van der Waals surface area contributed by atoms with Gasteiger partial charge in [-0.15, -0.1) is 0 Å². The van der Waals surface area contributed by atoms with Gasteiger partial charge in [-0.05, 0) is 55.7 Å². The van der Waals surface area contributed by atoms with Gasteiger partial charge in [-0.1, -0.05) is 36.1 Å². The van der Waals surface area contributed by atoms with Gasteiger partial charge < -0.3 is 24.0 Å². The molecule has 0 aliphatic carbocycles. The molecule has 0 spiro atoms. The molecule has 2 aliphatic rings. The maximum Gasteiger partial charge on any atom is 0.409 e. The van der Waals surface area contributed by atoms with Gasteiger partial charge in [-0.25, -0.2) is 9.78 Å². The van der Waals surface area contributed by atoms with E-state index in [1.807, 2.05) is 36.1 Å². The monoisotopic (exact) mass is 623 g/mol. The van der Waals surface area contributed by atoms with Crippen molar-refractivity contribution < 1.29 is 23.8 Å². The number of ether oxygens (including phenoxy) is 3. The van der Waals surface area contributed by atoms with E-state index in [1.165, 1.54) is 16.2 Å². The summed E-state index contributed by atoms with van der Waals surface area (Å²) >= 11 is 6.75. The third-order valence-corrected chi connectivity index (χ3v) is 8.77. The molecule has 13 heteroatoms. The second-order valence-corrected chi connectivity index (χ2v) is 11.7. The van der Waals surface area contributed by atoms with Crippen LogP contribution in [0.5, 0.6) is 11.5 Å². The summed E-state index contributed by atoms with van der Waals surface area (Å²) in [5.41, 5.74) is 2.36. The number of carbonyl (C=O) groups excluding carboxylic acids is 2. The molecule has 5 rings (SSSR count). The van der Waals surface area contributed by atoms with E-state index in [1.54, 1.807) is 49.3 Å². The molecule has 2 aromatic heterocycles. The molecule has 0 saturated carbocycles. The number of fused-ring (bicyclic) bond motifs is 1. The quantitative estimate of drug-likeness (QED) is 0.272. The molecule has 226 valence electrons. The lowest BCUT2D eigenvalue weighted by molar-refractivity contribution is -0.122. The third kappa shape index (κ3) is 6.18. The number of rotatable bonds is 8. The van der Waals surface area contributed by atoms with Crippen LogP contribution >= 0.6 is 24.0 Å². The number of carbonyl (C=O) groups is 2. The second-order valence-electron chi connectivity index (χ2n) is 9.98. The Labute approximate surface area is 259 Å². The van der Waals surface area contributed by atoms with E-state index in [0.29, 0.717) is 83.5 Å². The molecule has 2 fully saturated rings. The van der Waals surface area contributed by atoms with Gasteiger partial charge >= 0.3 is 6.09 Å². The molecule has 1 aromatic carbocycles. The lowest BCUT2D eigenvalue weighted by Gasteiger charge is -2.35. The number of amides is 2. The highest BCUT2D eigenvalue weighted by Crippen LogP contribution is 2.34. The third-order valence-electron chi connectivity index (χ3n) is 7.39. The average molecular weight is 624 g/mol. The number of methoxy groups -OCH3 is 2. The Morgan fingerprint density at radius 2 is 1.84 bits per heavy atom. The van der Waals surface area contributed by atoms with Crippen molar-refractivity contribution in [2.75, 3.05) is 58.5 Å². The van der Waals surface area contributed by atoms with Crippen LogP contribution < -0.4 is 19.9 Å². The van der Waals surface area contributed by atoms with Crippen molar-refractivity contribution in [2.45, 2.75) is 20.3 Å². The summed E-state index contributed by atoms with van der Waals surface area (Å²) < 4.78 is 17.8. The molecule has 2 amide bonds. The fourth-order valence-electron chi connectivity index (χ4n) is 5.08. The number of hydrogen-bond donors (Lipinski definition) is 0. The van der Waals surface area contributed by atoms with Gasteiger partial charge in [-0.2, -0.15) is 0 Å². The molecular weight excluding hydrogens is 590 g/mol. The topological polar surface area (TPSA) is 106 Å². The summed E-state index contributed by atoms with van der Waals surface area (Å²) in [4.78, 5) is 50.1. The van der Waals surface area contributed by atoms with Crippen LogP contribution in [0.25, 0.3) is 11.7 Å². The average Bonchev–Trinajstić information content (AvgIpc) is 3.28. The number of piperazine rings is 1. The van der Waals surface area contributed by atoms with E-state index < -0.39 is 0 Å².